The summed E-state index contributed by atoms with van der Waals surface area (Å²) in [6, 6.07) is 15.6. The maximum Gasteiger partial charge on any atom is 0.189 e. The van der Waals surface area contributed by atoms with Crippen molar-refractivity contribution in [1.82, 2.24) is 5.32 Å². The Morgan fingerprint density at radius 3 is 2.43 bits per heavy atom. The summed E-state index contributed by atoms with van der Waals surface area (Å²) in [7, 11) is 0. The molecule has 1 aliphatic rings. The number of guanidine groups is 1. The van der Waals surface area contributed by atoms with Gasteiger partial charge in [0.2, 0.25) is 0 Å². The van der Waals surface area contributed by atoms with Gasteiger partial charge in [0.15, 0.2) is 11.7 Å². The molecule has 1 heterocycles. The highest BCUT2D eigenvalue weighted by Crippen LogP contribution is 2.28. The number of hydrogen-bond acceptors (Lipinski definition) is 4. The molecule has 0 saturated carbocycles. The summed E-state index contributed by atoms with van der Waals surface area (Å²) < 4.78 is 0. The molecule has 0 fully saturated rings. The molecule has 0 amide bonds. The number of carbonyl (C=O) groups is 1. The molecule has 2 aromatic rings. The number of ketones is 1. The molecule has 3 rings (SSSR count). The van der Waals surface area contributed by atoms with Crippen LogP contribution in [-0.4, -0.2) is 17.8 Å². The Morgan fingerprint density at radius 1 is 1.10 bits per heavy atom. The molecular formula is C16H14ClN3O. The average Bonchev–Trinajstić information content (AvgIpc) is 2.90. The number of aliphatic imine (C=N–C) groups is 1. The number of nitrogens with one attached hydrogen (secondary N) is 1. The van der Waals surface area contributed by atoms with Crippen molar-refractivity contribution in [2.24, 2.45) is 10.7 Å². The van der Waals surface area contributed by atoms with Crippen molar-refractivity contribution in [2.45, 2.75) is 12.1 Å². The van der Waals surface area contributed by atoms with Gasteiger partial charge in [-0.2, -0.15) is 0 Å². The number of nitrogens with zero attached hydrogens (tertiary/aromatic N) is 1. The Kier molecular flexibility index (Phi) is 3.62. The normalized spacial score (nSPS) is 20.7. The Labute approximate surface area is 127 Å². The van der Waals surface area contributed by atoms with Crippen molar-refractivity contribution in [3.63, 3.8) is 0 Å². The van der Waals surface area contributed by atoms with Crippen LogP contribution in [0.2, 0.25) is 5.02 Å². The number of halogens is 1. The first-order valence-corrected chi connectivity index (χ1v) is 6.97. The standard InChI is InChI=1S/C16H14ClN3O/c17-12-8-6-10(7-9-12)13-14(20-16(18)19-13)15(21)11-4-2-1-3-5-11/h1-9,13-14H,(H3,18,19,20)/t13-,14+/m0/s1. The molecule has 21 heavy (non-hydrogen) atoms. The summed E-state index contributed by atoms with van der Waals surface area (Å²) in [4.78, 5) is 17.0. The van der Waals surface area contributed by atoms with Gasteiger partial charge in [-0.3, -0.25) is 4.79 Å². The molecular weight excluding hydrogens is 286 g/mol. The van der Waals surface area contributed by atoms with E-state index in [1.165, 1.54) is 0 Å². The van der Waals surface area contributed by atoms with Gasteiger partial charge in [-0.15, -0.1) is 0 Å². The van der Waals surface area contributed by atoms with Gasteiger partial charge in [-0.05, 0) is 17.7 Å². The van der Waals surface area contributed by atoms with Crippen LogP contribution in [0.4, 0.5) is 0 Å². The number of Topliss-reactive ketones (excluding diaryl/α,β-unsaturated/α-hetero) is 1. The van der Waals surface area contributed by atoms with E-state index in [1.807, 2.05) is 30.3 Å². The van der Waals surface area contributed by atoms with Crippen molar-refractivity contribution < 1.29 is 4.79 Å². The van der Waals surface area contributed by atoms with Crippen molar-refractivity contribution in [1.29, 1.82) is 0 Å². The number of hydrogen-bond donors (Lipinski definition) is 2. The summed E-state index contributed by atoms with van der Waals surface area (Å²) >= 11 is 5.90. The molecule has 2 atom stereocenters. The van der Waals surface area contributed by atoms with Crippen LogP contribution in [0.15, 0.2) is 59.6 Å². The van der Waals surface area contributed by atoms with Gasteiger partial charge >= 0.3 is 0 Å². The van der Waals surface area contributed by atoms with Gasteiger partial charge in [0.1, 0.15) is 12.1 Å². The van der Waals surface area contributed by atoms with E-state index in [0.29, 0.717) is 10.6 Å². The first-order valence-electron chi connectivity index (χ1n) is 6.59. The smallest absolute Gasteiger partial charge is 0.189 e. The third kappa shape index (κ3) is 2.76. The molecule has 106 valence electrons. The molecule has 0 spiro atoms. The minimum Gasteiger partial charge on any atom is -0.370 e. The molecule has 0 saturated heterocycles. The fraction of sp³-hybridized carbons (Fsp3) is 0.125. The maximum atomic E-state index is 12.6. The van der Waals surface area contributed by atoms with Gasteiger partial charge in [0, 0.05) is 10.6 Å². The minimum absolute atomic E-state index is 0.0280. The number of nitrogens with two attached hydrogens (primary N) is 1. The van der Waals surface area contributed by atoms with E-state index in [0.717, 1.165) is 5.56 Å². The molecule has 4 nitrogen and oxygen atoms in total. The summed E-state index contributed by atoms with van der Waals surface area (Å²) in [5, 5.41) is 3.61. The summed E-state index contributed by atoms with van der Waals surface area (Å²) in [6.07, 6.45) is 0. The lowest BCUT2D eigenvalue weighted by molar-refractivity contribution is 0.0945. The van der Waals surface area contributed by atoms with E-state index in [-0.39, 0.29) is 17.8 Å². The summed E-state index contributed by atoms with van der Waals surface area (Å²) in [5.41, 5.74) is 7.30. The Bertz CT molecular complexity index is 682. The molecule has 1 aliphatic heterocycles. The largest absolute Gasteiger partial charge is 0.370 e. The third-order valence-corrected chi connectivity index (χ3v) is 3.70. The highest BCUT2D eigenvalue weighted by Gasteiger charge is 2.34. The van der Waals surface area contributed by atoms with E-state index in [2.05, 4.69) is 10.3 Å². The van der Waals surface area contributed by atoms with Crippen LogP contribution >= 0.6 is 11.6 Å². The second kappa shape index (κ2) is 5.58. The van der Waals surface area contributed by atoms with Crippen LogP contribution in [0.1, 0.15) is 22.0 Å². The topological polar surface area (TPSA) is 67.5 Å². The molecule has 2 aromatic carbocycles. The molecule has 0 aromatic heterocycles. The van der Waals surface area contributed by atoms with Crippen LogP contribution in [0.25, 0.3) is 0 Å². The van der Waals surface area contributed by atoms with E-state index in [4.69, 9.17) is 17.3 Å². The zero-order valence-electron chi connectivity index (χ0n) is 11.2. The lowest BCUT2D eigenvalue weighted by Gasteiger charge is -2.17. The number of benzene rings is 2. The van der Waals surface area contributed by atoms with Crippen LogP contribution < -0.4 is 11.1 Å². The van der Waals surface area contributed by atoms with Crippen molar-refractivity contribution in [2.75, 3.05) is 0 Å². The van der Waals surface area contributed by atoms with Crippen LogP contribution in [0.3, 0.4) is 0 Å². The molecule has 0 aliphatic carbocycles. The fourth-order valence-electron chi connectivity index (χ4n) is 2.42. The van der Waals surface area contributed by atoms with E-state index < -0.39 is 6.04 Å². The van der Waals surface area contributed by atoms with Gasteiger partial charge < -0.3 is 11.1 Å². The lowest BCUT2D eigenvalue weighted by atomic mass is 9.94. The minimum atomic E-state index is -0.492. The monoisotopic (exact) mass is 299 g/mol. The van der Waals surface area contributed by atoms with Crippen LogP contribution in [0.5, 0.6) is 0 Å². The van der Waals surface area contributed by atoms with Gasteiger partial charge in [0.25, 0.3) is 0 Å². The Balaban J connectivity index is 1.91. The highest BCUT2D eigenvalue weighted by atomic mass is 35.5. The molecule has 3 N–H and O–H groups in total. The highest BCUT2D eigenvalue weighted by molar-refractivity contribution is 6.30. The van der Waals surface area contributed by atoms with E-state index >= 15 is 0 Å². The van der Waals surface area contributed by atoms with Crippen LogP contribution in [0, 0.1) is 0 Å². The van der Waals surface area contributed by atoms with Crippen molar-refractivity contribution in [3.8, 4) is 0 Å². The zero-order valence-corrected chi connectivity index (χ0v) is 11.9. The van der Waals surface area contributed by atoms with Gasteiger partial charge in [0.05, 0.1) is 0 Å². The second-order valence-electron chi connectivity index (χ2n) is 4.86. The maximum absolute atomic E-state index is 12.6. The zero-order chi connectivity index (χ0) is 14.8. The fourth-order valence-corrected chi connectivity index (χ4v) is 2.54. The average molecular weight is 300 g/mol. The third-order valence-electron chi connectivity index (χ3n) is 3.45. The van der Waals surface area contributed by atoms with E-state index in [1.54, 1.807) is 24.3 Å². The predicted octanol–water partition coefficient (Wildman–Crippen LogP) is 2.55. The summed E-state index contributed by atoms with van der Waals surface area (Å²) in [5.74, 6) is 0.254. The van der Waals surface area contributed by atoms with Crippen LogP contribution in [-0.2, 0) is 0 Å². The van der Waals surface area contributed by atoms with Gasteiger partial charge in [-0.25, -0.2) is 4.99 Å². The molecule has 5 heteroatoms. The molecule has 0 radical (unpaired) electrons. The van der Waals surface area contributed by atoms with Crippen molar-refractivity contribution >= 4 is 23.3 Å². The Hall–Kier alpha value is -2.33. The molecule has 0 bridgehead atoms. The van der Waals surface area contributed by atoms with Gasteiger partial charge in [-0.1, -0.05) is 54.1 Å². The number of rotatable bonds is 3. The number of carbonyl (C=O) groups excluding carboxylic acids is 1. The molecule has 0 unspecified atom stereocenters. The first-order chi connectivity index (χ1) is 10.1. The first kappa shape index (κ1) is 13.6. The van der Waals surface area contributed by atoms with Crippen molar-refractivity contribution in [3.05, 3.63) is 70.7 Å². The lowest BCUT2D eigenvalue weighted by Crippen LogP contribution is -2.41. The quantitative estimate of drug-likeness (QED) is 0.856. The summed E-state index contributed by atoms with van der Waals surface area (Å²) in [6.45, 7) is 0. The second-order valence-corrected chi connectivity index (χ2v) is 5.30. The van der Waals surface area contributed by atoms with E-state index in [9.17, 15) is 4.79 Å². The predicted molar refractivity (Wildman–Crippen MR) is 83.5 cm³/mol. The Morgan fingerprint density at radius 2 is 1.76 bits per heavy atom. The SMILES string of the molecule is NC1=N[C@@H](c2ccc(Cl)cc2)[C@H](C(=O)c2ccccc2)N1.